The van der Waals surface area contributed by atoms with Crippen LogP contribution in [0.15, 0.2) is 5.16 Å². The minimum atomic E-state index is -3.33. The minimum absolute atomic E-state index is 0.0935. The summed E-state index contributed by atoms with van der Waals surface area (Å²) < 4.78 is 25.4. The lowest BCUT2D eigenvalue weighted by molar-refractivity contribution is 0.311. The highest BCUT2D eigenvalue weighted by Gasteiger charge is 2.35. The van der Waals surface area contributed by atoms with Crippen LogP contribution in [0.1, 0.15) is 32.6 Å². The van der Waals surface area contributed by atoms with Gasteiger partial charge in [0.1, 0.15) is 0 Å². The van der Waals surface area contributed by atoms with Crippen molar-refractivity contribution >= 4 is 15.9 Å². The van der Waals surface area contributed by atoms with Crippen molar-refractivity contribution in [2.45, 2.75) is 43.9 Å². The molecule has 0 spiro atoms. The maximum atomic E-state index is 12.1. The number of sulfonamides is 1. The largest absolute Gasteiger partial charge is 0.409 e. The maximum Gasteiger partial charge on any atom is 0.217 e. The van der Waals surface area contributed by atoms with Crippen molar-refractivity contribution in [2.75, 3.05) is 7.05 Å². The van der Waals surface area contributed by atoms with Crippen LogP contribution in [0.5, 0.6) is 0 Å². The Hall–Kier alpha value is -0.820. The Bertz CT molecular complexity index is 360. The molecule has 0 radical (unpaired) electrons. The summed E-state index contributed by atoms with van der Waals surface area (Å²) >= 11 is 0. The van der Waals surface area contributed by atoms with Gasteiger partial charge in [-0.1, -0.05) is 18.0 Å². The van der Waals surface area contributed by atoms with E-state index in [2.05, 4.69) is 5.16 Å². The summed E-state index contributed by atoms with van der Waals surface area (Å²) in [6, 6.07) is -0.615. The van der Waals surface area contributed by atoms with E-state index in [9.17, 15) is 8.42 Å². The first-order valence-corrected chi connectivity index (χ1v) is 6.86. The lowest BCUT2D eigenvalue weighted by atomic mass is 10.3. The monoisotopic (exact) mass is 249 g/mol. The quantitative estimate of drug-likeness (QED) is 0.325. The fraction of sp³-hybridized carbons (Fsp3) is 0.889. The van der Waals surface area contributed by atoms with Gasteiger partial charge in [-0.25, -0.2) is 8.42 Å². The van der Waals surface area contributed by atoms with Crippen LogP contribution >= 0.6 is 0 Å². The summed E-state index contributed by atoms with van der Waals surface area (Å²) in [5.74, 6) is -0.0935. The average Bonchev–Trinajstić information content (AvgIpc) is 2.79. The summed E-state index contributed by atoms with van der Waals surface area (Å²) in [5.41, 5.74) is 5.41. The first-order chi connectivity index (χ1) is 7.41. The van der Waals surface area contributed by atoms with E-state index in [1.807, 2.05) is 0 Å². The summed E-state index contributed by atoms with van der Waals surface area (Å²) in [7, 11) is -1.86. The molecule has 0 aromatic heterocycles. The Morgan fingerprint density at radius 3 is 2.44 bits per heavy atom. The molecule has 0 heterocycles. The van der Waals surface area contributed by atoms with Crippen LogP contribution < -0.4 is 5.73 Å². The SMILES string of the molecule is CC(C(N)=NO)N(C)S(=O)(=O)C1CCCC1. The lowest BCUT2D eigenvalue weighted by Crippen LogP contribution is -2.46. The van der Waals surface area contributed by atoms with Crippen LogP contribution in [0.2, 0.25) is 0 Å². The molecule has 0 saturated heterocycles. The highest BCUT2D eigenvalue weighted by Crippen LogP contribution is 2.27. The molecule has 1 unspecified atom stereocenters. The fourth-order valence-electron chi connectivity index (χ4n) is 1.91. The van der Waals surface area contributed by atoms with Crippen molar-refractivity contribution in [2.24, 2.45) is 10.9 Å². The van der Waals surface area contributed by atoms with E-state index in [4.69, 9.17) is 10.9 Å². The maximum absolute atomic E-state index is 12.1. The molecule has 16 heavy (non-hydrogen) atoms. The van der Waals surface area contributed by atoms with Gasteiger partial charge < -0.3 is 10.9 Å². The number of hydrogen-bond donors (Lipinski definition) is 2. The van der Waals surface area contributed by atoms with Gasteiger partial charge in [-0.05, 0) is 19.8 Å². The van der Waals surface area contributed by atoms with Crippen LogP contribution in [0.25, 0.3) is 0 Å². The van der Waals surface area contributed by atoms with Crippen molar-refractivity contribution in [3.8, 4) is 0 Å². The van der Waals surface area contributed by atoms with Crippen LogP contribution in [-0.2, 0) is 10.0 Å². The standard InChI is InChI=1S/C9H19N3O3S/c1-7(9(10)11-13)12(2)16(14,15)8-5-3-4-6-8/h7-8,13H,3-6H2,1-2H3,(H2,10,11). The Kier molecular flexibility index (Phi) is 4.15. The molecule has 1 saturated carbocycles. The average molecular weight is 249 g/mol. The lowest BCUT2D eigenvalue weighted by Gasteiger charge is -2.26. The first kappa shape index (κ1) is 13.2. The number of amidine groups is 1. The zero-order valence-electron chi connectivity index (χ0n) is 9.63. The van der Waals surface area contributed by atoms with E-state index in [0.717, 1.165) is 12.8 Å². The van der Waals surface area contributed by atoms with Gasteiger partial charge in [0.15, 0.2) is 5.84 Å². The zero-order chi connectivity index (χ0) is 12.3. The van der Waals surface area contributed by atoms with Crippen molar-refractivity contribution in [1.82, 2.24) is 4.31 Å². The molecule has 1 fully saturated rings. The Morgan fingerprint density at radius 2 is 2.00 bits per heavy atom. The topological polar surface area (TPSA) is 96.0 Å². The van der Waals surface area contributed by atoms with Crippen molar-refractivity contribution < 1.29 is 13.6 Å². The van der Waals surface area contributed by atoms with Crippen LogP contribution in [0, 0.1) is 0 Å². The molecule has 1 rings (SSSR count). The van der Waals surface area contributed by atoms with Gasteiger partial charge in [-0.15, -0.1) is 0 Å². The van der Waals surface area contributed by atoms with Gasteiger partial charge in [-0.2, -0.15) is 4.31 Å². The molecule has 0 aromatic carbocycles. The summed E-state index contributed by atoms with van der Waals surface area (Å²) in [5, 5.41) is 11.1. The highest BCUT2D eigenvalue weighted by atomic mass is 32.2. The molecule has 0 aromatic rings. The number of hydrogen-bond acceptors (Lipinski definition) is 4. The molecule has 3 N–H and O–H groups in total. The van der Waals surface area contributed by atoms with E-state index in [1.54, 1.807) is 6.92 Å². The summed E-state index contributed by atoms with van der Waals surface area (Å²) in [6.45, 7) is 1.60. The van der Waals surface area contributed by atoms with E-state index in [1.165, 1.54) is 11.4 Å². The minimum Gasteiger partial charge on any atom is -0.409 e. The third-order valence-corrected chi connectivity index (χ3v) is 5.65. The Balaban J connectivity index is 2.83. The number of nitrogens with zero attached hydrogens (tertiary/aromatic N) is 2. The molecule has 0 amide bonds. The third-order valence-electron chi connectivity index (χ3n) is 3.21. The second-order valence-corrected chi connectivity index (χ2v) is 6.44. The predicted molar refractivity (Wildman–Crippen MR) is 61.8 cm³/mol. The van der Waals surface area contributed by atoms with Crippen LogP contribution in [-0.4, -0.2) is 42.1 Å². The number of likely N-dealkylation sites (N-methyl/N-ethyl adjacent to an activating group) is 1. The Labute approximate surface area is 96.2 Å². The van der Waals surface area contributed by atoms with Gasteiger partial charge in [0, 0.05) is 7.05 Å². The van der Waals surface area contributed by atoms with Crippen molar-refractivity contribution in [3.05, 3.63) is 0 Å². The summed E-state index contributed by atoms with van der Waals surface area (Å²) in [4.78, 5) is 0. The first-order valence-electron chi connectivity index (χ1n) is 5.35. The van der Waals surface area contributed by atoms with Gasteiger partial charge >= 0.3 is 0 Å². The van der Waals surface area contributed by atoms with Crippen molar-refractivity contribution in [1.29, 1.82) is 0 Å². The number of oxime groups is 1. The molecular formula is C9H19N3O3S. The molecule has 0 bridgehead atoms. The molecule has 1 aliphatic rings. The molecular weight excluding hydrogens is 230 g/mol. The van der Waals surface area contributed by atoms with Gasteiger partial charge in [0.05, 0.1) is 11.3 Å². The second-order valence-electron chi connectivity index (χ2n) is 4.17. The molecule has 94 valence electrons. The predicted octanol–water partition coefficient (Wildman–Crippen LogP) is 0.326. The molecule has 7 heteroatoms. The normalized spacial score (nSPS) is 21.6. The molecule has 0 aliphatic heterocycles. The van der Waals surface area contributed by atoms with Gasteiger partial charge in [0.2, 0.25) is 10.0 Å². The van der Waals surface area contributed by atoms with Gasteiger partial charge in [-0.3, -0.25) is 0 Å². The fourth-order valence-corrected chi connectivity index (χ4v) is 3.86. The van der Waals surface area contributed by atoms with E-state index >= 15 is 0 Å². The highest BCUT2D eigenvalue weighted by molar-refractivity contribution is 7.89. The number of nitrogens with two attached hydrogens (primary N) is 1. The third kappa shape index (κ3) is 2.46. The molecule has 6 nitrogen and oxygen atoms in total. The second kappa shape index (κ2) is 5.01. The molecule has 1 aliphatic carbocycles. The van der Waals surface area contributed by atoms with Crippen LogP contribution in [0.4, 0.5) is 0 Å². The number of rotatable bonds is 4. The molecule has 1 atom stereocenters. The summed E-state index contributed by atoms with van der Waals surface area (Å²) in [6.07, 6.45) is 3.32. The van der Waals surface area contributed by atoms with E-state index in [-0.39, 0.29) is 11.1 Å². The van der Waals surface area contributed by atoms with Gasteiger partial charge in [0.25, 0.3) is 0 Å². The smallest absolute Gasteiger partial charge is 0.217 e. The zero-order valence-corrected chi connectivity index (χ0v) is 10.4. The van der Waals surface area contributed by atoms with Crippen molar-refractivity contribution in [3.63, 3.8) is 0 Å². The van der Waals surface area contributed by atoms with E-state index < -0.39 is 16.1 Å². The van der Waals surface area contributed by atoms with Crippen LogP contribution in [0.3, 0.4) is 0 Å². The van der Waals surface area contributed by atoms with E-state index in [0.29, 0.717) is 12.8 Å². The Morgan fingerprint density at radius 1 is 1.50 bits per heavy atom.